The molecule has 2 aromatic carbocycles. The number of rotatable bonds is 4. The van der Waals surface area contributed by atoms with Gasteiger partial charge < -0.3 is 10.1 Å². The van der Waals surface area contributed by atoms with E-state index in [1.54, 1.807) is 30.3 Å². The van der Waals surface area contributed by atoms with Crippen molar-refractivity contribution in [1.82, 2.24) is 5.32 Å². The topological polar surface area (TPSA) is 81.5 Å². The maximum absolute atomic E-state index is 11.6. The van der Waals surface area contributed by atoms with Crippen molar-refractivity contribution < 1.29 is 14.5 Å². The smallest absolute Gasteiger partial charge is 0.269 e. The summed E-state index contributed by atoms with van der Waals surface area (Å²) in [5.41, 5.74) is 2.18. The van der Waals surface area contributed by atoms with E-state index in [0.29, 0.717) is 23.4 Å². The van der Waals surface area contributed by atoms with Crippen LogP contribution in [0.2, 0.25) is 0 Å². The van der Waals surface area contributed by atoms with Gasteiger partial charge in [-0.25, -0.2) is 0 Å². The zero-order valence-electron chi connectivity index (χ0n) is 11.0. The molecule has 0 spiro atoms. The number of non-ortho nitro benzene ring substituents is 1. The number of benzene rings is 2. The van der Waals surface area contributed by atoms with Crippen LogP contribution in [0.15, 0.2) is 42.5 Å². The van der Waals surface area contributed by atoms with Crippen LogP contribution in [0, 0.1) is 10.1 Å². The minimum Gasteiger partial charge on any atom is -0.489 e. The van der Waals surface area contributed by atoms with Crippen LogP contribution in [-0.4, -0.2) is 10.8 Å². The second-order valence-electron chi connectivity index (χ2n) is 4.68. The number of carbonyl (C=O) groups excluding carboxylic acids is 1. The second kappa shape index (κ2) is 5.24. The minimum atomic E-state index is -0.438. The lowest BCUT2D eigenvalue weighted by Crippen LogP contribution is -2.12. The molecule has 1 aliphatic heterocycles. The number of ether oxygens (including phenoxy) is 1. The fourth-order valence-electron chi connectivity index (χ4n) is 2.28. The summed E-state index contributed by atoms with van der Waals surface area (Å²) >= 11 is 0. The first kappa shape index (κ1) is 13.1. The number of carbonyl (C=O) groups is 1. The Bertz CT molecular complexity index is 727. The van der Waals surface area contributed by atoms with Gasteiger partial charge in [-0.2, -0.15) is 0 Å². The molecule has 0 atom stereocenters. The fourth-order valence-corrected chi connectivity index (χ4v) is 2.28. The molecule has 1 aliphatic rings. The highest BCUT2D eigenvalue weighted by atomic mass is 16.6. The molecule has 3 rings (SSSR count). The van der Waals surface area contributed by atoms with Crippen molar-refractivity contribution in [2.24, 2.45) is 0 Å². The van der Waals surface area contributed by atoms with Gasteiger partial charge in [0.25, 0.3) is 11.6 Å². The van der Waals surface area contributed by atoms with Gasteiger partial charge in [0.2, 0.25) is 0 Å². The molecule has 6 nitrogen and oxygen atoms in total. The van der Waals surface area contributed by atoms with Crippen molar-refractivity contribution in [1.29, 1.82) is 0 Å². The maximum atomic E-state index is 11.6. The summed E-state index contributed by atoms with van der Waals surface area (Å²) in [6.07, 6.45) is 0. The molecule has 2 aromatic rings. The molecule has 106 valence electrons. The molecule has 21 heavy (non-hydrogen) atoms. The van der Waals surface area contributed by atoms with E-state index in [9.17, 15) is 14.9 Å². The third kappa shape index (κ3) is 2.55. The predicted octanol–water partition coefficient (Wildman–Crippen LogP) is 2.42. The average Bonchev–Trinajstić information content (AvgIpc) is 2.88. The van der Waals surface area contributed by atoms with Crippen LogP contribution in [0.1, 0.15) is 21.5 Å². The SMILES string of the molecule is O=C1NCc2c(OCc3cccc([N+](=O)[O-])c3)cccc21. The molecule has 1 amide bonds. The Morgan fingerprint density at radius 1 is 1.24 bits per heavy atom. The normalized spacial score (nSPS) is 12.7. The summed E-state index contributed by atoms with van der Waals surface area (Å²) < 4.78 is 5.70. The summed E-state index contributed by atoms with van der Waals surface area (Å²) in [6, 6.07) is 11.6. The van der Waals surface area contributed by atoms with E-state index in [4.69, 9.17) is 4.74 Å². The highest BCUT2D eigenvalue weighted by molar-refractivity contribution is 5.99. The van der Waals surface area contributed by atoms with Crippen molar-refractivity contribution in [2.75, 3.05) is 0 Å². The lowest BCUT2D eigenvalue weighted by Gasteiger charge is -2.09. The second-order valence-corrected chi connectivity index (χ2v) is 4.68. The molecule has 0 unspecified atom stereocenters. The summed E-state index contributed by atoms with van der Waals surface area (Å²) in [4.78, 5) is 21.9. The Morgan fingerprint density at radius 3 is 2.86 bits per heavy atom. The zero-order chi connectivity index (χ0) is 14.8. The Hall–Kier alpha value is -2.89. The molecule has 0 aliphatic carbocycles. The molecule has 1 N–H and O–H groups in total. The summed E-state index contributed by atoms with van der Waals surface area (Å²) in [7, 11) is 0. The van der Waals surface area contributed by atoms with Gasteiger partial charge in [0.1, 0.15) is 12.4 Å². The number of nitro benzene ring substituents is 1. The molecule has 0 saturated carbocycles. The number of amides is 1. The number of fused-ring (bicyclic) bond motifs is 1. The van der Waals surface area contributed by atoms with E-state index in [0.717, 1.165) is 5.56 Å². The molecule has 1 heterocycles. The zero-order valence-corrected chi connectivity index (χ0v) is 11.0. The largest absolute Gasteiger partial charge is 0.489 e. The molecule has 6 heteroatoms. The standard InChI is InChI=1S/C15H12N2O4/c18-15-12-5-2-6-14(13(12)8-16-15)21-9-10-3-1-4-11(7-10)17(19)20/h1-7H,8-9H2,(H,16,18). The van der Waals surface area contributed by atoms with E-state index in [1.807, 2.05) is 0 Å². The van der Waals surface area contributed by atoms with E-state index in [-0.39, 0.29) is 18.2 Å². The number of nitrogens with zero attached hydrogens (tertiary/aromatic N) is 1. The predicted molar refractivity (Wildman–Crippen MR) is 75.0 cm³/mol. The Kier molecular flexibility index (Phi) is 3.27. The summed E-state index contributed by atoms with van der Waals surface area (Å²) in [5, 5.41) is 13.5. The molecule has 0 fully saturated rings. The average molecular weight is 284 g/mol. The monoisotopic (exact) mass is 284 g/mol. The molecular formula is C15H12N2O4. The van der Waals surface area contributed by atoms with Gasteiger partial charge in [0.15, 0.2) is 0 Å². The van der Waals surface area contributed by atoms with Crippen LogP contribution in [0.4, 0.5) is 5.69 Å². The van der Waals surface area contributed by atoms with Crippen LogP contribution in [0.3, 0.4) is 0 Å². The molecule has 0 aromatic heterocycles. The highest BCUT2D eigenvalue weighted by Crippen LogP contribution is 2.27. The third-order valence-electron chi connectivity index (χ3n) is 3.32. The highest BCUT2D eigenvalue weighted by Gasteiger charge is 2.22. The quantitative estimate of drug-likeness (QED) is 0.690. The Morgan fingerprint density at radius 2 is 2.05 bits per heavy atom. The van der Waals surface area contributed by atoms with Crippen molar-refractivity contribution in [3.05, 3.63) is 69.3 Å². The molecular weight excluding hydrogens is 272 g/mol. The fraction of sp³-hybridized carbons (Fsp3) is 0.133. The number of nitro groups is 1. The van der Waals surface area contributed by atoms with Crippen molar-refractivity contribution in [2.45, 2.75) is 13.2 Å². The van der Waals surface area contributed by atoms with Crippen LogP contribution in [-0.2, 0) is 13.2 Å². The van der Waals surface area contributed by atoms with Crippen LogP contribution in [0.25, 0.3) is 0 Å². The van der Waals surface area contributed by atoms with Crippen molar-refractivity contribution in [3.8, 4) is 5.75 Å². The summed E-state index contributed by atoms with van der Waals surface area (Å²) in [6.45, 7) is 0.658. The first-order valence-corrected chi connectivity index (χ1v) is 6.41. The molecule has 0 saturated heterocycles. The summed E-state index contributed by atoms with van der Waals surface area (Å²) in [5.74, 6) is 0.517. The van der Waals surface area contributed by atoms with E-state index in [1.165, 1.54) is 12.1 Å². The van der Waals surface area contributed by atoms with E-state index in [2.05, 4.69) is 5.32 Å². The van der Waals surface area contributed by atoms with Gasteiger partial charge in [-0.3, -0.25) is 14.9 Å². The number of hydrogen-bond acceptors (Lipinski definition) is 4. The van der Waals surface area contributed by atoms with Crippen molar-refractivity contribution in [3.63, 3.8) is 0 Å². The Labute approximate surface area is 120 Å². The van der Waals surface area contributed by atoms with Crippen LogP contribution < -0.4 is 10.1 Å². The van der Waals surface area contributed by atoms with Gasteiger partial charge in [-0.1, -0.05) is 18.2 Å². The first-order valence-electron chi connectivity index (χ1n) is 6.41. The third-order valence-corrected chi connectivity index (χ3v) is 3.32. The van der Waals surface area contributed by atoms with Gasteiger partial charge in [0, 0.05) is 29.8 Å². The lowest BCUT2D eigenvalue weighted by molar-refractivity contribution is -0.384. The minimum absolute atomic E-state index is 0.0336. The maximum Gasteiger partial charge on any atom is 0.269 e. The van der Waals surface area contributed by atoms with Gasteiger partial charge in [0.05, 0.1) is 4.92 Å². The van der Waals surface area contributed by atoms with Crippen molar-refractivity contribution >= 4 is 11.6 Å². The van der Waals surface area contributed by atoms with Crippen LogP contribution in [0.5, 0.6) is 5.75 Å². The van der Waals surface area contributed by atoms with Gasteiger partial charge in [-0.15, -0.1) is 0 Å². The van der Waals surface area contributed by atoms with E-state index >= 15 is 0 Å². The van der Waals surface area contributed by atoms with Gasteiger partial charge >= 0.3 is 0 Å². The lowest BCUT2D eigenvalue weighted by atomic mass is 10.1. The number of nitrogens with one attached hydrogen (secondary N) is 1. The number of hydrogen-bond donors (Lipinski definition) is 1. The first-order chi connectivity index (χ1) is 10.1. The van der Waals surface area contributed by atoms with E-state index < -0.39 is 4.92 Å². The molecule has 0 radical (unpaired) electrons. The van der Waals surface area contributed by atoms with Gasteiger partial charge in [-0.05, 0) is 17.7 Å². The molecule has 0 bridgehead atoms. The Balaban J connectivity index is 1.79. The van der Waals surface area contributed by atoms with Crippen LogP contribution >= 0.6 is 0 Å².